The van der Waals surface area contributed by atoms with Crippen LogP contribution in [-0.2, 0) is 14.8 Å². The molecule has 1 aliphatic heterocycles. The van der Waals surface area contributed by atoms with Crippen LogP contribution >= 0.6 is 11.8 Å². The van der Waals surface area contributed by atoms with Crippen LogP contribution in [0, 0.1) is 0 Å². The number of pyridine rings is 1. The molecule has 1 saturated heterocycles. The lowest BCUT2D eigenvalue weighted by Gasteiger charge is -2.25. The van der Waals surface area contributed by atoms with Crippen molar-refractivity contribution in [1.82, 2.24) is 14.6 Å². The molecular weight excluding hydrogens is 358 g/mol. The Balaban J connectivity index is 1.90. The minimum absolute atomic E-state index is 0.0298. The summed E-state index contributed by atoms with van der Waals surface area (Å²) in [6.45, 7) is 5.23. The van der Waals surface area contributed by atoms with Crippen molar-refractivity contribution in [3.8, 4) is 0 Å². The Kier molecular flexibility index (Phi) is 7.71. The Morgan fingerprint density at radius 1 is 1.32 bits per heavy atom. The van der Waals surface area contributed by atoms with E-state index in [1.807, 2.05) is 6.92 Å². The van der Waals surface area contributed by atoms with Crippen molar-refractivity contribution in [2.75, 3.05) is 18.8 Å². The second-order valence-corrected chi connectivity index (χ2v) is 9.28. The van der Waals surface area contributed by atoms with Crippen LogP contribution in [0.5, 0.6) is 0 Å². The van der Waals surface area contributed by atoms with Crippen molar-refractivity contribution < 1.29 is 13.2 Å². The fraction of sp³-hybridized carbons (Fsp3) is 0.647. The lowest BCUT2D eigenvalue weighted by Crippen LogP contribution is -2.35. The van der Waals surface area contributed by atoms with Crippen LogP contribution in [0.4, 0.5) is 0 Å². The number of nitrogens with one attached hydrogen (secondary N) is 1. The van der Waals surface area contributed by atoms with Crippen LogP contribution in [0.1, 0.15) is 46.0 Å². The summed E-state index contributed by atoms with van der Waals surface area (Å²) in [6, 6.07) is 3.42. The lowest BCUT2D eigenvalue weighted by molar-refractivity contribution is -0.119. The van der Waals surface area contributed by atoms with Gasteiger partial charge in [-0.1, -0.05) is 31.5 Å². The van der Waals surface area contributed by atoms with Crippen LogP contribution in [0.3, 0.4) is 0 Å². The molecular formula is C17H27N3O3S2. The first-order valence-electron chi connectivity index (χ1n) is 8.82. The van der Waals surface area contributed by atoms with Crippen molar-refractivity contribution in [3.05, 3.63) is 18.3 Å². The number of carbonyl (C=O) groups is 1. The highest BCUT2D eigenvalue weighted by Gasteiger charge is 2.26. The minimum atomic E-state index is -3.45. The van der Waals surface area contributed by atoms with E-state index in [0.717, 1.165) is 32.1 Å². The van der Waals surface area contributed by atoms with Gasteiger partial charge in [0.25, 0.3) is 0 Å². The summed E-state index contributed by atoms with van der Waals surface area (Å²) in [5.74, 6) is 0.247. The normalized spacial score (nSPS) is 17.2. The van der Waals surface area contributed by atoms with E-state index in [-0.39, 0.29) is 22.6 Å². The number of carbonyl (C=O) groups excluding carboxylic acids is 1. The number of hydrogen-bond donors (Lipinski definition) is 1. The molecule has 1 atom stereocenters. The predicted octanol–water partition coefficient (Wildman–Crippen LogP) is 2.65. The first kappa shape index (κ1) is 20.2. The summed E-state index contributed by atoms with van der Waals surface area (Å²) in [5.41, 5.74) is 0. The van der Waals surface area contributed by atoms with Gasteiger partial charge in [-0.2, -0.15) is 4.31 Å². The summed E-state index contributed by atoms with van der Waals surface area (Å²) in [7, 11) is -3.45. The van der Waals surface area contributed by atoms with Crippen LogP contribution in [-0.4, -0.2) is 48.5 Å². The zero-order chi connectivity index (χ0) is 18.3. The SMILES string of the molecule is CCC[C@H](C)NC(=O)CSc1ccc(S(=O)(=O)N2CCCCC2)cn1. The first-order chi connectivity index (χ1) is 11.9. The number of nitrogens with zero attached hydrogens (tertiary/aromatic N) is 2. The number of rotatable bonds is 8. The quantitative estimate of drug-likeness (QED) is 0.696. The second kappa shape index (κ2) is 9.54. The van der Waals surface area contributed by atoms with Gasteiger partial charge in [0, 0.05) is 25.3 Å². The van der Waals surface area contributed by atoms with Crippen LogP contribution in [0.2, 0.25) is 0 Å². The zero-order valence-electron chi connectivity index (χ0n) is 14.9. The third kappa shape index (κ3) is 5.97. The summed E-state index contributed by atoms with van der Waals surface area (Å²) >= 11 is 1.31. The topological polar surface area (TPSA) is 79.4 Å². The van der Waals surface area contributed by atoms with Gasteiger partial charge in [0.05, 0.1) is 10.8 Å². The van der Waals surface area contributed by atoms with Gasteiger partial charge >= 0.3 is 0 Å². The number of piperidine rings is 1. The molecule has 6 nitrogen and oxygen atoms in total. The molecule has 1 amide bonds. The van der Waals surface area contributed by atoms with E-state index >= 15 is 0 Å². The molecule has 0 radical (unpaired) electrons. The average molecular weight is 386 g/mol. The van der Waals surface area contributed by atoms with Gasteiger partial charge < -0.3 is 5.32 Å². The molecule has 0 saturated carbocycles. The number of amides is 1. The Labute approximate surface area is 154 Å². The summed E-state index contributed by atoms with van der Waals surface area (Å²) < 4.78 is 26.7. The fourth-order valence-corrected chi connectivity index (χ4v) is 4.94. The maximum absolute atomic E-state index is 12.6. The Hall–Kier alpha value is -1.12. The maximum atomic E-state index is 12.6. The molecule has 0 bridgehead atoms. The van der Waals surface area contributed by atoms with Gasteiger partial charge in [-0.05, 0) is 38.3 Å². The highest BCUT2D eigenvalue weighted by atomic mass is 32.2. The Morgan fingerprint density at radius 3 is 2.64 bits per heavy atom. The molecule has 0 unspecified atom stereocenters. The summed E-state index contributed by atoms with van der Waals surface area (Å²) in [5, 5.41) is 3.59. The van der Waals surface area contributed by atoms with Gasteiger partial charge in [-0.3, -0.25) is 4.79 Å². The highest BCUT2D eigenvalue weighted by molar-refractivity contribution is 7.99. The third-order valence-electron chi connectivity index (χ3n) is 4.14. The lowest BCUT2D eigenvalue weighted by atomic mass is 10.2. The van der Waals surface area contributed by atoms with Crippen molar-refractivity contribution in [2.24, 2.45) is 0 Å². The molecule has 2 heterocycles. The molecule has 1 fully saturated rings. The van der Waals surface area contributed by atoms with Gasteiger partial charge in [-0.25, -0.2) is 13.4 Å². The van der Waals surface area contributed by atoms with Crippen molar-refractivity contribution in [1.29, 1.82) is 0 Å². The van der Waals surface area contributed by atoms with Crippen molar-refractivity contribution in [2.45, 2.75) is 61.9 Å². The molecule has 2 rings (SSSR count). The smallest absolute Gasteiger partial charge is 0.244 e. The molecule has 1 aromatic rings. The number of thioether (sulfide) groups is 1. The van der Waals surface area contributed by atoms with E-state index in [1.165, 1.54) is 22.3 Å². The van der Waals surface area contributed by atoms with Crippen LogP contribution < -0.4 is 5.32 Å². The third-order valence-corrected chi connectivity index (χ3v) is 6.97. The molecule has 25 heavy (non-hydrogen) atoms. The Morgan fingerprint density at radius 2 is 2.04 bits per heavy atom. The standard InChI is InChI=1S/C17H27N3O3S2/c1-3-7-14(2)19-16(21)13-24-17-9-8-15(12-18-17)25(22,23)20-10-5-4-6-11-20/h8-9,12,14H,3-7,10-11,13H2,1-2H3,(H,19,21)/t14-/m0/s1. The zero-order valence-corrected chi connectivity index (χ0v) is 16.5. The monoisotopic (exact) mass is 385 g/mol. The van der Waals surface area contributed by atoms with Crippen molar-refractivity contribution in [3.63, 3.8) is 0 Å². The van der Waals surface area contributed by atoms with E-state index < -0.39 is 10.0 Å². The van der Waals surface area contributed by atoms with E-state index in [9.17, 15) is 13.2 Å². The largest absolute Gasteiger partial charge is 0.353 e. The molecule has 140 valence electrons. The number of sulfonamides is 1. The molecule has 0 aromatic carbocycles. The van der Waals surface area contributed by atoms with Crippen molar-refractivity contribution >= 4 is 27.7 Å². The summed E-state index contributed by atoms with van der Waals surface area (Å²) in [6.07, 6.45) is 6.28. The first-order valence-corrected chi connectivity index (χ1v) is 11.2. The molecule has 0 spiro atoms. The van der Waals surface area contributed by atoms with E-state index in [2.05, 4.69) is 17.2 Å². The van der Waals surface area contributed by atoms with E-state index in [1.54, 1.807) is 12.1 Å². The predicted molar refractivity (Wildman–Crippen MR) is 100 cm³/mol. The highest BCUT2D eigenvalue weighted by Crippen LogP contribution is 2.22. The van der Waals surface area contributed by atoms with Gasteiger partial charge in [0.15, 0.2) is 0 Å². The number of aromatic nitrogens is 1. The van der Waals surface area contributed by atoms with Crippen LogP contribution in [0.15, 0.2) is 28.3 Å². The molecule has 1 aromatic heterocycles. The molecule has 1 aliphatic rings. The molecule has 1 N–H and O–H groups in total. The van der Waals surface area contributed by atoms with E-state index in [0.29, 0.717) is 18.1 Å². The van der Waals surface area contributed by atoms with Gasteiger partial charge in [0.1, 0.15) is 4.90 Å². The van der Waals surface area contributed by atoms with Gasteiger partial charge in [0.2, 0.25) is 15.9 Å². The molecule has 0 aliphatic carbocycles. The second-order valence-electron chi connectivity index (χ2n) is 6.34. The van der Waals surface area contributed by atoms with Gasteiger partial charge in [-0.15, -0.1) is 0 Å². The number of hydrogen-bond acceptors (Lipinski definition) is 5. The minimum Gasteiger partial charge on any atom is -0.353 e. The fourth-order valence-electron chi connectivity index (χ4n) is 2.82. The molecule has 8 heteroatoms. The Bertz CT molecular complexity index is 656. The van der Waals surface area contributed by atoms with Crippen LogP contribution in [0.25, 0.3) is 0 Å². The average Bonchev–Trinajstić information content (AvgIpc) is 2.61. The summed E-state index contributed by atoms with van der Waals surface area (Å²) in [4.78, 5) is 16.3. The maximum Gasteiger partial charge on any atom is 0.244 e. The van der Waals surface area contributed by atoms with E-state index in [4.69, 9.17) is 0 Å².